The summed E-state index contributed by atoms with van der Waals surface area (Å²) in [5.74, 6) is -0.120. The maximum absolute atomic E-state index is 13.8. The van der Waals surface area contributed by atoms with Gasteiger partial charge in [0.2, 0.25) is 5.91 Å². The van der Waals surface area contributed by atoms with Gasteiger partial charge < -0.3 is 9.47 Å². The average Bonchev–Trinajstić information content (AvgIpc) is 3.42. The monoisotopic (exact) mass is 564 g/mol. The third-order valence-corrected chi connectivity index (χ3v) is 7.10. The number of halogens is 1. The Labute approximate surface area is 225 Å². The third kappa shape index (κ3) is 4.83. The van der Waals surface area contributed by atoms with Crippen LogP contribution >= 0.6 is 15.9 Å². The lowest BCUT2D eigenvalue weighted by Crippen LogP contribution is -2.37. The molecule has 0 unspecified atom stereocenters. The fourth-order valence-corrected chi connectivity index (χ4v) is 5.08. The normalized spacial score (nSPS) is 20.9. The standard InChI is InChI=1S/C29H29BrN2O5/c1-3-5-17-36-23-16-11-19(18-24(23)35-4-2)26-25-27(37-32(26)22-9-7-6-8-10-22)29(34)31(28(25)33)21-14-12-20(30)13-15-21/h6-16,18,25-27H,3-5,17H2,1-2H3/t25-,26+,27-/m1/s1. The Morgan fingerprint density at radius 1 is 0.865 bits per heavy atom. The molecular weight excluding hydrogens is 536 g/mol. The number of hydroxylamine groups is 1. The molecule has 2 heterocycles. The first-order valence-corrected chi connectivity index (χ1v) is 13.4. The van der Waals surface area contributed by atoms with Crippen LogP contribution in [0.25, 0.3) is 0 Å². The number of rotatable bonds is 9. The van der Waals surface area contributed by atoms with Crippen molar-refractivity contribution < 1.29 is 23.9 Å². The summed E-state index contributed by atoms with van der Waals surface area (Å²) >= 11 is 3.41. The summed E-state index contributed by atoms with van der Waals surface area (Å²) in [6.07, 6.45) is 1.04. The largest absolute Gasteiger partial charge is 0.490 e. The summed E-state index contributed by atoms with van der Waals surface area (Å²) in [5, 5.41) is 1.69. The number of amides is 2. The van der Waals surface area contributed by atoms with Crippen molar-refractivity contribution in [3.05, 3.63) is 82.8 Å². The predicted molar refractivity (Wildman–Crippen MR) is 145 cm³/mol. The van der Waals surface area contributed by atoms with Crippen LogP contribution in [0.15, 0.2) is 77.3 Å². The molecule has 8 heteroatoms. The number of ether oxygens (including phenoxy) is 2. The van der Waals surface area contributed by atoms with Gasteiger partial charge in [0.05, 0.1) is 30.6 Å². The van der Waals surface area contributed by atoms with E-state index in [9.17, 15) is 9.59 Å². The number of benzene rings is 3. The lowest BCUT2D eigenvalue weighted by atomic mass is 9.90. The Balaban J connectivity index is 1.55. The second-order valence-corrected chi connectivity index (χ2v) is 9.90. The van der Waals surface area contributed by atoms with Crippen LogP contribution < -0.4 is 19.4 Å². The molecule has 0 bridgehead atoms. The van der Waals surface area contributed by atoms with Crippen LogP contribution in [0.1, 0.15) is 38.3 Å². The predicted octanol–water partition coefficient (Wildman–Crippen LogP) is 6.08. The molecule has 0 radical (unpaired) electrons. The van der Waals surface area contributed by atoms with Gasteiger partial charge in [-0.2, -0.15) is 0 Å². The van der Waals surface area contributed by atoms with Crippen LogP contribution in [0.4, 0.5) is 11.4 Å². The summed E-state index contributed by atoms with van der Waals surface area (Å²) in [6.45, 7) is 5.10. The molecule has 0 aliphatic carbocycles. The number of hydrogen-bond acceptors (Lipinski definition) is 6. The first-order valence-electron chi connectivity index (χ1n) is 12.6. The highest BCUT2D eigenvalue weighted by molar-refractivity contribution is 9.10. The lowest BCUT2D eigenvalue weighted by molar-refractivity contribution is -0.126. The van der Waals surface area contributed by atoms with Gasteiger partial charge in [0.1, 0.15) is 5.92 Å². The van der Waals surface area contributed by atoms with Crippen LogP contribution in [-0.2, 0) is 14.4 Å². The second kappa shape index (κ2) is 10.9. The maximum Gasteiger partial charge on any atom is 0.266 e. The number of hydrogen-bond donors (Lipinski definition) is 0. The van der Waals surface area contributed by atoms with Crippen molar-refractivity contribution in [3.8, 4) is 11.5 Å². The molecule has 3 aromatic carbocycles. The second-order valence-electron chi connectivity index (χ2n) is 8.99. The zero-order valence-corrected chi connectivity index (χ0v) is 22.4. The molecule has 3 aromatic rings. The average molecular weight is 565 g/mol. The summed E-state index contributed by atoms with van der Waals surface area (Å²) in [6, 6.07) is 21.8. The fourth-order valence-electron chi connectivity index (χ4n) is 4.82. The van der Waals surface area contributed by atoms with Crippen LogP contribution in [0, 0.1) is 5.92 Å². The fraction of sp³-hybridized carbons (Fsp3) is 0.310. The molecule has 0 saturated carbocycles. The van der Waals surface area contributed by atoms with Gasteiger partial charge in [-0.3, -0.25) is 14.4 Å². The molecule has 2 aliphatic heterocycles. The van der Waals surface area contributed by atoms with E-state index in [1.165, 1.54) is 4.90 Å². The highest BCUT2D eigenvalue weighted by Crippen LogP contribution is 2.48. The van der Waals surface area contributed by atoms with Gasteiger partial charge in [-0.1, -0.05) is 53.5 Å². The van der Waals surface area contributed by atoms with Gasteiger partial charge in [0.25, 0.3) is 5.91 Å². The summed E-state index contributed by atoms with van der Waals surface area (Å²) in [5.41, 5.74) is 2.09. The number of nitrogens with zero attached hydrogens (tertiary/aromatic N) is 2. The highest BCUT2D eigenvalue weighted by atomic mass is 79.9. The molecule has 0 N–H and O–H groups in total. The molecule has 2 amide bonds. The Bertz CT molecular complexity index is 1270. The van der Waals surface area contributed by atoms with Crippen LogP contribution in [-0.4, -0.2) is 31.1 Å². The summed E-state index contributed by atoms with van der Waals surface area (Å²) < 4.78 is 12.7. The maximum atomic E-state index is 13.8. The van der Waals surface area contributed by atoms with Crippen molar-refractivity contribution in [1.29, 1.82) is 0 Å². The minimum absolute atomic E-state index is 0.290. The van der Waals surface area contributed by atoms with Gasteiger partial charge >= 0.3 is 0 Å². The van der Waals surface area contributed by atoms with E-state index in [-0.39, 0.29) is 11.8 Å². The third-order valence-electron chi connectivity index (χ3n) is 6.58. The molecule has 2 saturated heterocycles. The van der Waals surface area contributed by atoms with Gasteiger partial charge in [0.15, 0.2) is 17.6 Å². The van der Waals surface area contributed by atoms with E-state index in [2.05, 4.69) is 22.9 Å². The molecule has 37 heavy (non-hydrogen) atoms. The van der Waals surface area contributed by atoms with E-state index in [4.69, 9.17) is 14.3 Å². The van der Waals surface area contributed by atoms with Gasteiger partial charge in [-0.15, -0.1) is 0 Å². The minimum atomic E-state index is -0.933. The van der Waals surface area contributed by atoms with Crippen molar-refractivity contribution in [2.75, 3.05) is 23.2 Å². The Morgan fingerprint density at radius 2 is 1.62 bits per heavy atom. The Hall–Kier alpha value is -3.36. The van der Waals surface area contributed by atoms with E-state index >= 15 is 0 Å². The molecule has 5 rings (SSSR count). The highest BCUT2D eigenvalue weighted by Gasteiger charge is 2.60. The topological polar surface area (TPSA) is 68.3 Å². The summed E-state index contributed by atoms with van der Waals surface area (Å²) in [4.78, 5) is 34.8. The van der Waals surface area contributed by atoms with Crippen molar-refractivity contribution >= 4 is 39.1 Å². The summed E-state index contributed by atoms with van der Waals surface area (Å²) in [7, 11) is 0. The number of unbranched alkanes of at least 4 members (excludes halogenated alkanes) is 1. The van der Waals surface area contributed by atoms with E-state index in [0.29, 0.717) is 30.4 Å². The van der Waals surface area contributed by atoms with Crippen molar-refractivity contribution in [2.24, 2.45) is 5.92 Å². The van der Waals surface area contributed by atoms with Gasteiger partial charge in [-0.05, 0) is 67.4 Å². The zero-order valence-electron chi connectivity index (χ0n) is 20.8. The van der Waals surface area contributed by atoms with E-state index in [0.717, 1.165) is 28.6 Å². The number of anilines is 2. The Kier molecular flexibility index (Phi) is 7.48. The molecule has 192 valence electrons. The zero-order chi connectivity index (χ0) is 25.9. The number of imide groups is 1. The molecular formula is C29H29BrN2O5. The van der Waals surface area contributed by atoms with E-state index in [1.807, 2.05) is 67.6 Å². The smallest absolute Gasteiger partial charge is 0.266 e. The molecule has 2 aliphatic rings. The molecule has 7 nitrogen and oxygen atoms in total. The number of carbonyl (C=O) groups excluding carboxylic acids is 2. The van der Waals surface area contributed by atoms with Crippen LogP contribution in [0.5, 0.6) is 11.5 Å². The van der Waals surface area contributed by atoms with E-state index in [1.54, 1.807) is 17.2 Å². The molecule has 0 spiro atoms. The van der Waals surface area contributed by atoms with Crippen molar-refractivity contribution in [3.63, 3.8) is 0 Å². The van der Waals surface area contributed by atoms with Crippen molar-refractivity contribution in [2.45, 2.75) is 38.8 Å². The van der Waals surface area contributed by atoms with Crippen molar-refractivity contribution in [1.82, 2.24) is 0 Å². The Morgan fingerprint density at radius 3 is 2.32 bits per heavy atom. The molecule has 0 aromatic heterocycles. The first-order chi connectivity index (χ1) is 18.0. The molecule has 3 atom stereocenters. The number of fused-ring (bicyclic) bond motifs is 1. The van der Waals surface area contributed by atoms with Gasteiger partial charge in [0, 0.05) is 4.47 Å². The number of para-hydroxylation sites is 1. The SMILES string of the molecule is CCCCOc1ccc([C@H]2[C@H]3C(=O)N(c4ccc(Br)cc4)C(=O)[C@@H]3ON2c2ccccc2)cc1OCC. The van der Waals surface area contributed by atoms with E-state index < -0.39 is 18.1 Å². The molecule has 2 fully saturated rings. The van der Waals surface area contributed by atoms with Crippen LogP contribution in [0.3, 0.4) is 0 Å². The quantitative estimate of drug-likeness (QED) is 0.232. The minimum Gasteiger partial charge on any atom is -0.490 e. The van der Waals surface area contributed by atoms with Crippen LogP contribution in [0.2, 0.25) is 0 Å². The van der Waals surface area contributed by atoms with Gasteiger partial charge in [-0.25, -0.2) is 9.96 Å². The lowest BCUT2D eigenvalue weighted by Gasteiger charge is -2.29. The number of carbonyl (C=O) groups is 2. The first kappa shape index (κ1) is 25.3.